The van der Waals surface area contributed by atoms with Crippen LogP contribution in [0.4, 0.5) is 5.69 Å². The summed E-state index contributed by atoms with van der Waals surface area (Å²) in [6.07, 6.45) is 1.47. The number of methoxy groups -OCH3 is 1. The van der Waals surface area contributed by atoms with Crippen molar-refractivity contribution in [2.24, 2.45) is 0 Å². The Labute approximate surface area is 155 Å². The summed E-state index contributed by atoms with van der Waals surface area (Å²) in [5.74, 6) is 0.482. The second-order valence-corrected chi connectivity index (χ2v) is 6.00. The molecular formula is C21H26N2O3. The topological polar surface area (TPSA) is 58.6 Å². The summed E-state index contributed by atoms with van der Waals surface area (Å²) in [6, 6.07) is 15.4. The lowest BCUT2D eigenvalue weighted by Gasteiger charge is -2.23. The van der Waals surface area contributed by atoms with Gasteiger partial charge in [0.25, 0.3) is 0 Å². The molecule has 26 heavy (non-hydrogen) atoms. The van der Waals surface area contributed by atoms with E-state index < -0.39 is 0 Å². The Morgan fingerprint density at radius 1 is 1.04 bits per heavy atom. The van der Waals surface area contributed by atoms with E-state index in [1.54, 1.807) is 7.11 Å². The summed E-state index contributed by atoms with van der Waals surface area (Å²) in [4.78, 5) is 25.9. The molecule has 0 saturated heterocycles. The first-order valence-corrected chi connectivity index (χ1v) is 8.81. The smallest absolute Gasteiger partial charge is 0.240 e. The first-order chi connectivity index (χ1) is 12.6. The van der Waals surface area contributed by atoms with E-state index in [2.05, 4.69) is 5.32 Å². The molecule has 2 rings (SSSR count). The Kier molecular flexibility index (Phi) is 7.21. The minimum Gasteiger partial charge on any atom is -0.496 e. The molecule has 0 saturated carbocycles. The fourth-order valence-electron chi connectivity index (χ4n) is 2.88. The largest absolute Gasteiger partial charge is 0.496 e. The lowest BCUT2D eigenvalue weighted by molar-refractivity contribution is -0.123. The minimum absolute atomic E-state index is 0.0122. The fourth-order valence-corrected chi connectivity index (χ4v) is 2.88. The highest BCUT2D eigenvalue weighted by Gasteiger charge is 2.17. The van der Waals surface area contributed by atoms with Crippen molar-refractivity contribution < 1.29 is 14.3 Å². The Bertz CT molecular complexity index is 758. The Balaban J connectivity index is 1.97. The molecule has 0 spiro atoms. The van der Waals surface area contributed by atoms with Crippen molar-refractivity contribution in [2.75, 3.05) is 25.1 Å². The molecular weight excluding hydrogens is 328 g/mol. The van der Waals surface area contributed by atoms with Gasteiger partial charge in [0.15, 0.2) is 0 Å². The van der Waals surface area contributed by atoms with Gasteiger partial charge in [-0.1, -0.05) is 43.3 Å². The number of amides is 2. The number of anilines is 1. The number of nitrogens with zero attached hydrogens (tertiary/aromatic N) is 1. The summed E-state index contributed by atoms with van der Waals surface area (Å²) < 4.78 is 5.32. The van der Waals surface area contributed by atoms with Crippen LogP contribution in [0.5, 0.6) is 5.75 Å². The lowest BCUT2D eigenvalue weighted by Crippen LogP contribution is -2.40. The quantitative estimate of drug-likeness (QED) is 0.793. The van der Waals surface area contributed by atoms with E-state index in [0.717, 1.165) is 29.0 Å². The zero-order chi connectivity index (χ0) is 18.9. The maximum atomic E-state index is 12.3. The highest BCUT2D eigenvalue weighted by Crippen LogP contribution is 2.21. The van der Waals surface area contributed by atoms with Gasteiger partial charge in [-0.15, -0.1) is 0 Å². The monoisotopic (exact) mass is 354 g/mol. The van der Waals surface area contributed by atoms with Crippen molar-refractivity contribution in [3.63, 3.8) is 0 Å². The number of hydrogen-bond donors (Lipinski definition) is 1. The van der Waals surface area contributed by atoms with Crippen LogP contribution in [0.1, 0.15) is 25.0 Å². The van der Waals surface area contributed by atoms with E-state index in [1.165, 1.54) is 11.8 Å². The Morgan fingerprint density at radius 3 is 2.35 bits per heavy atom. The standard InChI is InChI=1S/C21H26N2O3/c1-4-17-9-5-7-11-19(17)23(16(2)24)15-21(25)22-14-13-18-10-6-8-12-20(18)26-3/h5-12H,4,13-15H2,1-3H3,(H,22,25). The summed E-state index contributed by atoms with van der Waals surface area (Å²) in [5, 5.41) is 2.89. The van der Waals surface area contributed by atoms with Crippen molar-refractivity contribution in [2.45, 2.75) is 26.7 Å². The highest BCUT2D eigenvalue weighted by molar-refractivity contribution is 5.98. The van der Waals surface area contributed by atoms with Gasteiger partial charge < -0.3 is 15.0 Å². The van der Waals surface area contributed by atoms with Gasteiger partial charge in [0.1, 0.15) is 12.3 Å². The number of rotatable bonds is 8. The van der Waals surface area contributed by atoms with Crippen LogP contribution in [0.2, 0.25) is 0 Å². The van der Waals surface area contributed by atoms with Crippen molar-refractivity contribution in [3.05, 3.63) is 59.7 Å². The molecule has 138 valence electrons. The molecule has 5 heteroatoms. The van der Waals surface area contributed by atoms with E-state index in [9.17, 15) is 9.59 Å². The molecule has 0 atom stereocenters. The van der Waals surface area contributed by atoms with E-state index in [0.29, 0.717) is 13.0 Å². The van der Waals surface area contributed by atoms with E-state index in [4.69, 9.17) is 4.74 Å². The number of benzene rings is 2. The molecule has 0 aliphatic rings. The van der Waals surface area contributed by atoms with E-state index >= 15 is 0 Å². The third kappa shape index (κ3) is 5.09. The predicted molar refractivity (Wildman–Crippen MR) is 104 cm³/mol. The molecule has 0 unspecified atom stereocenters. The third-order valence-corrected chi connectivity index (χ3v) is 4.25. The Morgan fingerprint density at radius 2 is 1.69 bits per heavy atom. The van der Waals surface area contributed by atoms with Crippen molar-refractivity contribution >= 4 is 17.5 Å². The molecule has 0 aromatic heterocycles. The van der Waals surface area contributed by atoms with Crippen LogP contribution in [0.15, 0.2) is 48.5 Å². The zero-order valence-electron chi connectivity index (χ0n) is 15.6. The molecule has 5 nitrogen and oxygen atoms in total. The normalized spacial score (nSPS) is 10.3. The molecule has 0 bridgehead atoms. The SMILES string of the molecule is CCc1ccccc1N(CC(=O)NCCc1ccccc1OC)C(C)=O. The summed E-state index contributed by atoms with van der Waals surface area (Å²) in [5.41, 5.74) is 2.88. The lowest BCUT2D eigenvalue weighted by atomic mass is 10.1. The number of carbonyl (C=O) groups excluding carboxylic acids is 2. The van der Waals surface area contributed by atoms with E-state index in [-0.39, 0.29) is 18.4 Å². The van der Waals surface area contributed by atoms with E-state index in [1.807, 2.05) is 55.5 Å². The molecule has 0 fully saturated rings. The summed E-state index contributed by atoms with van der Waals surface area (Å²) in [6.45, 7) is 4.01. The van der Waals surface area contributed by atoms with Crippen LogP contribution < -0.4 is 15.0 Å². The van der Waals surface area contributed by atoms with Gasteiger partial charge in [0.2, 0.25) is 11.8 Å². The zero-order valence-corrected chi connectivity index (χ0v) is 15.6. The van der Waals surface area contributed by atoms with Crippen molar-refractivity contribution in [1.82, 2.24) is 5.32 Å². The maximum Gasteiger partial charge on any atom is 0.240 e. The number of nitrogens with one attached hydrogen (secondary N) is 1. The maximum absolute atomic E-state index is 12.3. The molecule has 1 N–H and O–H groups in total. The van der Waals surface area contributed by atoms with Gasteiger partial charge in [-0.3, -0.25) is 9.59 Å². The molecule has 0 aliphatic heterocycles. The van der Waals surface area contributed by atoms with Gasteiger partial charge in [-0.05, 0) is 36.1 Å². The number of para-hydroxylation sites is 2. The number of hydrogen-bond acceptors (Lipinski definition) is 3. The van der Waals surface area contributed by atoms with Gasteiger partial charge in [-0.2, -0.15) is 0 Å². The van der Waals surface area contributed by atoms with Crippen LogP contribution in [-0.2, 0) is 22.4 Å². The summed E-state index contributed by atoms with van der Waals surface area (Å²) >= 11 is 0. The number of aryl methyl sites for hydroxylation is 1. The van der Waals surface area contributed by atoms with Gasteiger partial charge in [-0.25, -0.2) is 0 Å². The first kappa shape index (κ1) is 19.5. The molecule has 0 heterocycles. The molecule has 0 aliphatic carbocycles. The van der Waals surface area contributed by atoms with Gasteiger partial charge in [0.05, 0.1) is 7.11 Å². The number of ether oxygens (including phenoxy) is 1. The first-order valence-electron chi connectivity index (χ1n) is 8.81. The minimum atomic E-state index is -0.180. The molecule has 2 aromatic carbocycles. The fraction of sp³-hybridized carbons (Fsp3) is 0.333. The number of carbonyl (C=O) groups is 2. The second kappa shape index (κ2) is 9.61. The van der Waals surface area contributed by atoms with Crippen LogP contribution in [0.25, 0.3) is 0 Å². The molecule has 2 aromatic rings. The summed E-state index contributed by atoms with van der Waals surface area (Å²) in [7, 11) is 1.63. The van der Waals surface area contributed by atoms with Crippen molar-refractivity contribution in [1.29, 1.82) is 0 Å². The van der Waals surface area contributed by atoms with Crippen LogP contribution in [0.3, 0.4) is 0 Å². The average molecular weight is 354 g/mol. The van der Waals surface area contributed by atoms with Crippen LogP contribution in [-0.4, -0.2) is 32.0 Å². The third-order valence-electron chi connectivity index (χ3n) is 4.25. The van der Waals surface area contributed by atoms with Crippen LogP contribution >= 0.6 is 0 Å². The van der Waals surface area contributed by atoms with Crippen molar-refractivity contribution in [3.8, 4) is 5.75 Å². The van der Waals surface area contributed by atoms with Gasteiger partial charge >= 0.3 is 0 Å². The predicted octanol–water partition coefficient (Wildman–Crippen LogP) is 2.97. The van der Waals surface area contributed by atoms with Gasteiger partial charge in [0, 0.05) is 19.2 Å². The average Bonchev–Trinajstić information content (AvgIpc) is 2.66. The second-order valence-electron chi connectivity index (χ2n) is 6.00. The molecule has 0 radical (unpaired) electrons. The molecule has 2 amide bonds. The Hall–Kier alpha value is -2.82. The highest BCUT2D eigenvalue weighted by atomic mass is 16.5. The van der Waals surface area contributed by atoms with Crippen LogP contribution in [0, 0.1) is 0 Å².